The van der Waals surface area contributed by atoms with E-state index in [1.54, 1.807) is 0 Å². The number of alkyl halides is 4. The van der Waals surface area contributed by atoms with Gasteiger partial charge in [-0.1, -0.05) is 11.6 Å². The summed E-state index contributed by atoms with van der Waals surface area (Å²) in [5.41, 5.74) is 3.18. The van der Waals surface area contributed by atoms with Crippen molar-refractivity contribution in [2.75, 3.05) is 18.8 Å². The second-order valence-corrected chi connectivity index (χ2v) is 9.54. The van der Waals surface area contributed by atoms with Gasteiger partial charge in [-0.25, -0.2) is 23.3 Å². The van der Waals surface area contributed by atoms with E-state index in [9.17, 15) is 27.2 Å². The molecule has 0 saturated carbocycles. The fourth-order valence-corrected chi connectivity index (χ4v) is 4.80. The lowest BCUT2D eigenvalue weighted by Gasteiger charge is -2.18. The van der Waals surface area contributed by atoms with Gasteiger partial charge in [0, 0.05) is 23.9 Å². The minimum atomic E-state index is -4.86. The van der Waals surface area contributed by atoms with Crippen molar-refractivity contribution in [2.45, 2.75) is 25.3 Å². The Morgan fingerprint density at radius 3 is 2.62 bits per heavy atom. The number of nitrogen functional groups attached to an aromatic ring is 1. The molecule has 40 heavy (non-hydrogen) atoms. The highest BCUT2D eigenvalue weighted by molar-refractivity contribution is 6.33. The van der Waals surface area contributed by atoms with Gasteiger partial charge in [-0.05, 0) is 42.8 Å². The Morgan fingerprint density at radius 1 is 1.18 bits per heavy atom. The fraction of sp³-hybridized carbons (Fsp3) is 0.240. The molecule has 2 amide bonds. The van der Waals surface area contributed by atoms with Crippen LogP contribution < -0.4 is 11.1 Å². The van der Waals surface area contributed by atoms with Crippen LogP contribution in [0.5, 0.6) is 0 Å². The van der Waals surface area contributed by atoms with Gasteiger partial charge >= 0.3 is 6.18 Å². The number of amides is 2. The number of carbonyl (C=O) groups excluding carboxylic acids is 2. The van der Waals surface area contributed by atoms with Crippen LogP contribution in [0.4, 0.5) is 27.8 Å². The van der Waals surface area contributed by atoms with Crippen molar-refractivity contribution in [3.05, 3.63) is 76.1 Å². The Balaban J connectivity index is 1.45. The molecule has 4 heterocycles. The number of anilines is 1. The van der Waals surface area contributed by atoms with E-state index in [1.165, 1.54) is 25.3 Å². The standard InChI is InChI=1S/C25H19ClF5N7O2/c1-11-5-16(27)13(19-7-14(25(29,30)31)21-22(32)34-10-35-38(19)21)6-12(11)23(39)36-18-9-37(8-17(18)28)24(40)20-15(26)3-2-4-33-20/h2-7,10,17-18H,8-9H2,1H3,(H,36,39)(H2,32,34,35)/t17-,18+/m0/s1. The molecule has 0 unspecified atom stereocenters. The van der Waals surface area contributed by atoms with Crippen LogP contribution >= 0.6 is 11.6 Å². The van der Waals surface area contributed by atoms with Crippen LogP contribution in [0.1, 0.15) is 32.0 Å². The summed E-state index contributed by atoms with van der Waals surface area (Å²) in [5.74, 6) is -2.83. The van der Waals surface area contributed by atoms with Crippen molar-refractivity contribution < 1.29 is 31.5 Å². The fourth-order valence-electron chi connectivity index (χ4n) is 4.59. The first kappa shape index (κ1) is 27.2. The van der Waals surface area contributed by atoms with Gasteiger partial charge in [-0.3, -0.25) is 9.59 Å². The van der Waals surface area contributed by atoms with Crippen molar-refractivity contribution in [3.8, 4) is 11.3 Å². The topological polar surface area (TPSA) is 119 Å². The molecule has 3 N–H and O–H groups in total. The van der Waals surface area contributed by atoms with Crippen molar-refractivity contribution in [1.29, 1.82) is 0 Å². The first-order valence-corrected chi connectivity index (χ1v) is 12.1. The predicted molar refractivity (Wildman–Crippen MR) is 134 cm³/mol. The maximum atomic E-state index is 15.1. The van der Waals surface area contributed by atoms with Gasteiger partial charge in [-0.15, -0.1) is 0 Å². The molecule has 1 saturated heterocycles. The molecule has 1 aliphatic rings. The van der Waals surface area contributed by atoms with Crippen LogP contribution in [0.25, 0.3) is 16.8 Å². The number of aryl methyl sites for hydroxylation is 1. The zero-order valence-electron chi connectivity index (χ0n) is 20.5. The number of rotatable bonds is 4. The van der Waals surface area contributed by atoms with Gasteiger partial charge in [0.25, 0.3) is 11.8 Å². The highest BCUT2D eigenvalue weighted by atomic mass is 35.5. The second-order valence-electron chi connectivity index (χ2n) is 9.13. The van der Waals surface area contributed by atoms with Crippen LogP contribution in [-0.4, -0.2) is 61.6 Å². The van der Waals surface area contributed by atoms with Crippen LogP contribution in [0, 0.1) is 12.7 Å². The van der Waals surface area contributed by atoms with Gasteiger partial charge in [0.2, 0.25) is 0 Å². The largest absolute Gasteiger partial charge is 0.418 e. The van der Waals surface area contributed by atoms with Crippen molar-refractivity contribution in [2.24, 2.45) is 0 Å². The van der Waals surface area contributed by atoms with Crippen LogP contribution in [-0.2, 0) is 6.18 Å². The van der Waals surface area contributed by atoms with Crippen LogP contribution in [0.3, 0.4) is 0 Å². The van der Waals surface area contributed by atoms with Crippen molar-refractivity contribution in [3.63, 3.8) is 0 Å². The molecule has 0 spiro atoms. The first-order valence-electron chi connectivity index (χ1n) is 11.7. The summed E-state index contributed by atoms with van der Waals surface area (Å²) in [6.07, 6.45) is -4.22. The monoisotopic (exact) mass is 579 g/mol. The number of hydrogen-bond acceptors (Lipinski definition) is 6. The number of fused-ring (bicyclic) bond motifs is 1. The third-order valence-electron chi connectivity index (χ3n) is 6.54. The Bertz CT molecular complexity index is 1660. The molecular formula is C25H19ClF5N7O2. The molecule has 0 radical (unpaired) electrons. The lowest BCUT2D eigenvalue weighted by Crippen LogP contribution is -2.42. The number of hydrogen-bond donors (Lipinski definition) is 2. The molecule has 9 nitrogen and oxygen atoms in total. The van der Waals surface area contributed by atoms with E-state index in [0.29, 0.717) is 6.07 Å². The number of nitrogens with one attached hydrogen (secondary N) is 1. The van der Waals surface area contributed by atoms with E-state index in [1.807, 2.05) is 0 Å². The number of nitrogens with two attached hydrogens (primary N) is 1. The number of pyridine rings is 1. The van der Waals surface area contributed by atoms with E-state index >= 15 is 4.39 Å². The molecule has 0 aliphatic carbocycles. The van der Waals surface area contributed by atoms with Gasteiger partial charge in [0.1, 0.15) is 29.5 Å². The molecule has 1 fully saturated rings. The van der Waals surface area contributed by atoms with E-state index < -0.39 is 52.9 Å². The molecule has 0 bridgehead atoms. The summed E-state index contributed by atoms with van der Waals surface area (Å²) in [7, 11) is 0. The highest BCUT2D eigenvalue weighted by Gasteiger charge is 2.39. The molecular weight excluding hydrogens is 561 g/mol. The second kappa shape index (κ2) is 10.0. The quantitative estimate of drug-likeness (QED) is 0.352. The summed E-state index contributed by atoms with van der Waals surface area (Å²) < 4.78 is 71.9. The molecule has 1 aliphatic heterocycles. The summed E-state index contributed by atoms with van der Waals surface area (Å²) in [6.45, 7) is 0.891. The zero-order chi connectivity index (χ0) is 28.9. The van der Waals surface area contributed by atoms with Gasteiger partial charge in [0.15, 0.2) is 5.82 Å². The van der Waals surface area contributed by atoms with Gasteiger partial charge in [-0.2, -0.15) is 18.3 Å². The number of nitrogens with zero attached hydrogens (tertiary/aromatic N) is 5. The summed E-state index contributed by atoms with van der Waals surface area (Å²) >= 11 is 6.02. The molecule has 3 aromatic heterocycles. The van der Waals surface area contributed by atoms with E-state index in [-0.39, 0.29) is 46.2 Å². The minimum absolute atomic E-state index is 0.0653. The Labute approximate surface area is 227 Å². The average Bonchev–Trinajstić information content (AvgIpc) is 3.46. The Hall–Kier alpha value is -4.33. The smallest absolute Gasteiger partial charge is 0.382 e. The van der Waals surface area contributed by atoms with Crippen LogP contribution in [0.15, 0.2) is 42.9 Å². The summed E-state index contributed by atoms with van der Waals surface area (Å²) in [4.78, 5) is 34.6. The van der Waals surface area contributed by atoms with Gasteiger partial charge < -0.3 is 16.0 Å². The third kappa shape index (κ3) is 4.78. The zero-order valence-corrected chi connectivity index (χ0v) is 21.3. The number of likely N-dealkylation sites (tertiary alicyclic amines) is 1. The predicted octanol–water partition coefficient (Wildman–Crippen LogP) is 4.09. The van der Waals surface area contributed by atoms with Crippen molar-refractivity contribution in [1.82, 2.24) is 29.8 Å². The molecule has 5 rings (SSSR count). The average molecular weight is 580 g/mol. The summed E-state index contributed by atoms with van der Waals surface area (Å²) in [6, 6.07) is 4.57. The Kier molecular flexibility index (Phi) is 6.82. The normalized spacial score (nSPS) is 17.4. The number of aromatic nitrogens is 4. The molecule has 208 valence electrons. The lowest BCUT2D eigenvalue weighted by atomic mass is 10.0. The highest BCUT2D eigenvalue weighted by Crippen LogP contribution is 2.39. The van der Waals surface area contributed by atoms with E-state index in [0.717, 1.165) is 27.9 Å². The third-order valence-corrected chi connectivity index (χ3v) is 6.84. The number of benzene rings is 1. The molecule has 2 atom stereocenters. The Morgan fingerprint density at radius 2 is 1.93 bits per heavy atom. The first-order chi connectivity index (χ1) is 18.9. The maximum absolute atomic E-state index is 15.1. The van der Waals surface area contributed by atoms with E-state index in [2.05, 4.69) is 20.4 Å². The number of halogens is 6. The van der Waals surface area contributed by atoms with Crippen LogP contribution in [0.2, 0.25) is 5.02 Å². The minimum Gasteiger partial charge on any atom is -0.382 e. The maximum Gasteiger partial charge on any atom is 0.418 e. The molecule has 1 aromatic carbocycles. The number of carbonyl (C=O) groups is 2. The molecule has 15 heteroatoms. The van der Waals surface area contributed by atoms with Gasteiger partial charge in [0.05, 0.1) is 28.9 Å². The lowest BCUT2D eigenvalue weighted by molar-refractivity contribution is -0.136. The summed E-state index contributed by atoms with van der Waals surface area (Å²) in [5, 5.41) is 6.38. The molecule has 4 aromatic rings. The van der Waals surface area contributed by atoms with Crippen molar-refractivity contribution >= 4 is 34.7 Å². The SMILES string of the molecule is Cc1cc(F)c(-c2cc(C(F)(F)F)c3c(N)ncnn23)cc1C(=O)N[C@@H]1CN(C(=O)c2ncccc2Cl)C[C@@H]1F. The van der Waals surface area contributed by atoms with E-state index in [4.69, 9.17) is 17.3 Å².